The smallest absolute Gasteiger partial charge is 0.227 e. The number of rotatable bonds is 2. The first-order valence-corrected chi connectivity index (χ1v) is 7.56. The maximum Gasteiger partial charge on any atom is 0.227 e. The Labute approximate surface area is 124 Å². The van der Waals surface area contributed by atoms with E-state index in [2.05, 4.69) is 10.3 Å². The van der Waals surface area contributed by atoms with Crippen LogP contribution < -0.4 is 11.1 Å². The molecule has 21 heavy (non-hydrogen) atoms. The molecule has 2 aromatic rings. The van der Waals surface area contributed by atoms with Gasteiger partial charge in [-0.05, 0) is 38.3 Å². The lowest BCUT2D eigenvalue weighted by Gasteiger charge is -2.25. The number of carbonyl (C=O) groups excluding carboxylic acids is 1. The van der Waals surface area contributed by atoms with Crippen LogP contribution in [0.4, 0.5) is 5.69 Å². The molecule has 1 fully saturated rings. The molecule has 1 aliphatic rings. The summed E-state index contributed by atoms with van der Waals surface area (Å²) in [5, 5.41) is 4.06. The van der Waals surface area contributed by atoms with E-state index in [1.54, 1.807) is 0 Å². The minimum absolute atomic E-state index is 0.0287. The van der Waals surface area contributed by atoms with Gasteiger partial charge in [0.2, 0.25) is 5.91 Å². The van der Waals surface area contributed by atoms with Gasteiger partial charge in [0, 0.05) is 23.0 Å². The molecule has 1 aromatic carbocycles. The number of amides is 1. The van der Waals surface area contributed by atoms with Crippen LogP contribution >= 0.6 is 0 Å². The topological polar surface area (TPSA) is 68.0 Å². The molecule has 0 radical (unpaired) electrons. The molecule has 2 unspecified atom stereocenters. The Kier molecular flexibility index (Phi) is 3.88. The summed E-state index contributed by atoms with van der Waals surface area (Å²) in [6.07, 6.45) is 3.78. The number of nitrogens with zero attached hydrogens (tertiary/aromatic N) is 1. The minimum atomic E-state index is 0.0287. The number of pyridine rings is 1. The number of para-hydroxylation sites is 1. The lowest BCUT2D eigenvalue weighted by atomic mass is 9.85. The average Bonchev–Trinajstić information content (AvgIpc) is 2.47. The Morgan fingerprint density at radius 1 is 1.33 bits per heavy atom. The zero-order valence-corrected chi connectivity index (χ0v) is 12.3. The number of aryl methyl sites for hydroxylation is 1. The highest BCUT2D eigenvalue weighted by Crippen LogP contribution is 2.27. The SMILES string of the molecule is Cc1cc(NC(=O)C2CCCC(N)C2)c2ccccc2n1. The summed E-state index contributed by atoms with van der Waals surface area (Å²) in [5.74, 6) is 0.113. The van der Waals surface area contributed by atoms with Gasteiger partial charge >= 0.3 is 0 Å². The van der Waals surface area contributed by atoms with Crippen molar-refractivity contribution in [2.45, 2.75) is 38.6 Å². The van der Waals surface area contributed by atoms with E-state index in [0.717, 1.165) is 48.0 Å². The second-order valence-corrected chi connectivity index (χ2v) is 5.94. The van der Waals surface area contributed by atoms with E-state index in [1.807, 2.05) is 37.3 Å². The van der Waals surface area contributed by atoms with Crippen molar-refractivity contribution in [3.63, 3.8) is 0 Å². The number of anilines is 1. The van der Waals surface area contributed by atoms with Crippen LogP contribution in [0.3, 0.4) is 0 Å². The van der Waals surface area contributed by atoms with Gasteiger partial charge in [-0.2, -0.15) is 0 Å². The lowest BCUT2D eigenvalue weighted by molar-refractivity contribution is -0.120. The zero-order valence-electron chi connectivity index (χ0n) is 12.3. The molecule has 0 spiro atoms. The summed E-state index contributed by atoms with van der Waals surface area (Å²) in [6, 6.07) is 9.97. The molecule has 1 heterocycles. The van der Waals surface area contributed by atoms with Crippen LogP contribution in [0, 0.1) is 12.8 Å². The Bertz CT molecular complexity index is 668. The molecular formula is C17H21N3O. The number of carbonyl (C=O) groups is 1. The van der Waals surface area contributed by atoms with E-state index >= 15 is 0 Å². The predicted octanol–water partition coefficient (Wildman–Crippen LogP) is 3.00. The molecule has 3 rings (SSSR count). The van der Waals surface area contributed by atoms with Crippen LogP contribution in [-0.4, -0.2) is 16.9 Å². The number of benzene rings is 1. The first-order chi connectivity index (χ1) is 10.1. The van der Waals surface area contributed by atoms with Gasteiger partial charge in [0.1, 0.15) is 0 Å². The summed E-state index contributed by atoms with van der Waals surface area (Å²) in [5.41, 5.74) is 8.65. The van der Waals surface area contributed by atoms with Gasteiger partial charge in [-0.3, -0.25) is 9.78 Å². The normalized spacial score (nSPS) is 22.2. The number of fused-ring (bicyclic) bond motifs is 1. The van der Waals surface area contributed by atoms with Crippen LogP contribution in [-0.2, 0) is 4.79 Å². The highest BCUT2D eigenvalue weighted by Gasteiger charge is 2.25. The molecule has 0 bridgehead atoms. The third-order valence-electron chi connectivity index (χ3n) is 4.19. The van der Waals surface area contributed by atoms with Crippen molar-refractivity contribution in [2.24, 2.45) is 11.7 Å². The minimum Gasteiger partial charge on any atom is -0.328 e. The van der Waals surface area contributed by atoms with Crippen LogP contribution in [0.5, 0.6) is 0 Å². The van der Waals surface area contributed by atoms with Crippen molar-refractivity contribution in [1.82, 2.24) is 4.98 Å². The average molecular weight is 283 g/mol. The van der Waals surface area contributed by atoms with Crippen molar-refractivity contribution in [1.29, 1.82) is 0 Å². The molecule has 4 heteroatoms. The molecule has 1 saturated carbocycles. The summed E-state index contributed by atoms with van der Waals surface area (Å²) >= 11 is 0. The summed E-state index contributed by atoms with van der Waals surface area (Å²) in [6.45, 7) is 1.94. The van der Waals surface area contributed by atoms with Crippen LogP contribution in [0.15, 0.2) is 30.3 Å². The van der Waals surface area contributed by atoms with Crippen molar-refractivity contribution >= 4 is 22.5 Å². The van der Waals surface area contributed by atoms with Gasteiger partial charge in [0.15, 0.2) is 0 Å². The number of aromatic nitrogens is 1. The molecule has 1 aliphatic carbocycles. The number of hydrogen-bond donors (Lipinski definition) is 2. The monoisotopic (exact) mass is 283 g/mol. The highest BCUT2D eigenvalue weighted by molar-refractivity contribution is 6.01. The third kappa shape index (κ3) is 3.05. The van der Waals surface area contributed by atoms with E-state index in [1.165, 1.54) is 0 Å². The third-order valence-corrected chi connectivity index (χ3v) is 4.19. The van der Waals surface area contributed by atoms with Crippen molar-refractivity contribution in [3.05, 3.63) is 36.0 Å². The van der Waals surface area contributed by atoms with Crippen molar-refractivity contribution < 1.29 is 4.79 Å². The van der Waals surface area contributed by atoms with E-state index in [0.29, 0.717) is 0 Å². The molecule has 110 valence electrons. The van der Waals surface area contributed by atoms with Crippen molar-refractivity contribution in [3.8, 4) is 0 Å². The van der Waals surface area contributed by atoms with Crippen LogP contribution in [0.25, 0.3) is 10.9 Å². The molecule has 3 N–H and O–H groups in total. The fourth-order valence-corrected chi connectivity index (χ4v) is 3.11. The summed E-state index contributed by atoms with van der Waals surface area (Å²) in [7, 11) is 0. The van der Waals surface area contributed by atoms with E-state index in [4.69, 9.17) is 5.73 Å². The molecule has 4 nitrogen and oxygen atoms in total. The molecule has 1 amide bonds. The Morgan fingerprint density at radius 2 is 2.14 bits per heavy atom. The number of nitrogens with one attached hydrogen (secondary N) is 1. The maximum absolute atomic E-state index is 12.5. The fourth-order valence-electron chi connectivity index (χ4n) is 3.11. The molecule has 2 atom stereocenters. The number of hydrogen-bond acceptors (Lipinski definition) is 3. The lowest BCUT2D eigenvalue weighted by Crippen LogP contribution is -2.34. The van der Waals surface area contributed by atoms with E-state index < -0.39 is 0 Å². The first-order valence-electron chi connectivity index (χ1n) is 7.56. The van der Waals surface area contributed by atoms with Gasteiger partial charge in [-0.1, -0.05) is 24.6 Å². The molecule has 0 aliphatic heterocycles. The second-order valence-electron chi connectivity index (χ2n) is 5.94. The molecule has 0 saturated heterocycles. The largest absolute Gasteiger partial charge is 0.328 e. The van der Waals surface area contributed by atoms with Gasteiger partial charge in [0.05, 0.1) is 11.2 Å². The maximum atomic E-state index is 12.5. The van der Waals surface area contributed by atoms with Gasteiger partial charge in [-0.15, -0.1) is 0 Å². The van der Waals surface area contributed by atoms with Crippen LogP contribution in [0.1, 0.15) is 31.4 Å². The Hall–Kier alpha value is -1.94. The Balaban J connectivity index is 1.85. The summed E-state index contributed by atoms with van der Waals surface area (Å²) in [4.78, 5) is 17.0. The quantitative estimate of drug-likeness (QED) is 0.890. The number of nitrogens with two attached hydrogens (primary N) is 1. The fraction of sp³-hybridized carbons (Fsp3) is 0.412. The van der Waals surface area contributed by atoms with Crippen molar-refractivity contribution in [2.75, 3.05) is 5.32 Å². The standard InChI is InChI=1S/C17H21N3O/c1-11-9-16(14-7-2-3-8-15(14)19-11)20-17(21)12-5-4-6-13(18)10-12/h2-3,7-9,12-13H,4-6,10,18H2,1H3,(H,19,20,21). The Morgan fingerprint density at radius 3 is 2.95 bits per heavy atom. The molecule has 1 aromatic heterocycles. The van der Waals surface area contributed by atoms with E-state index in [-0.39, 0.29) is 17.9 Å². The predicted molar refractivity (Wildman–Crippen MR) is 85.0 cm³/mol. The van der Waals surface area contributed by atoms with E-state index in [9.17, 15) is 4.79 Å². The summed E-state index contributed by atoms with van der Waals surface area (Å²) < 4.78 is 0. The first kappa shape index (κ1) is 14.0. The van der Waals surface area contributed by atoms with Gasteiger partial charge in [-0.25, -0.2) is 0 Å². The van der Waals surface area contributed by atoms with Gasteiger partial charge < -0.3 is 11.1 Å². The second kappa shape index (κ2) is 5.82. The van der Waals surface area contributed by atoms with Crippen LogP contribution in [0.2, 0.25) is 0 Å². The molecular weight excluding hydrogens is 262 g/mol. The zero-order chi connectivity index (χ0) is 14.8. The highest BCUT2D eigenvalue weighted by atomic mass is 16.1. The van der Waals surface area contributed by atoms with Gasteiger partial charge in [0.25, 0.3) is 0 Å².